The smallest absolute Gasteiger partial charge is 0.274 e. The molecule has 2 heterocycles. The van der Waals surface area contributed by atoms with Crippen molar-refractivity contribution in [1.82, 2.24) is 19.3 Å². The molecule has 5 rings (SSSR count). The van der Waals surface area contributed by atoms with Crippen LogP contribution in [0.4, 0.5) is 10.1 Å². The van der Waals surface area contributed by atoms with E-state index < -0.39 is 17.5 Å². The SMILES string of the molecule is CCC(O)C#Cc1cc(C2(O)CC3CC(c4ncn(C)c4C(=O)Nc4ccc(F)c(Cl)c4)CC3C2)n(C)n1. The van der Waals surface area contributed by atoms with Crippen molar-refractivity contribution >= 4 is 23.2 Å². The summed E-state index contributed by atoms with van der Waals surface area (Å²) in [6.07, 6.45) is 4.32. The molecule has 10 heteroatoms. The number of nitrogens with zero attached hydrogens (tertiary/aromatic N) is 4. The van der Waals surface area contributed by atoms with Crippen molar-refractivity contribution in [2.75, 3.05) is 5.32 Å². The molecule has 3 atom stereocenters. The van der Waals surface area contributed by atoms with Crippen LogP contribution < -0.4 is 5.32 Å². The molecule has 2 aromatic heterocycles. The molecule has 200 valence electrons. The summed E-state index contributed by atoms with van der Waals surface area (Å²) < 4.78 is 16.9. The third-order valence-corrected chi connectivity index (χ3v) is 8.19. The second kappa shape index (κ2) is 10.2. The second-order valence-corrected chi connectivity index (χ2v) is 10.9. The van der Waals surface area contributed by atoms with Crippen LogP contribution in [0.1, 0.15) is 72.5 Å². The molecular weight excluding hydrogens is 509 g/mol. The predicted octanol–water partition coefficient (Wildman–Crippen LogP) is 4.11. The van der Waals surface area contributed by atoms with Crippen molar-refractivity contribution in [1.29, 1.82) is 0 Å². The van der Waals surface area contributed by atoms with Crippen LogP contribution in [-0.4, -0.2) is 41.6 Å². The van der Waals surface area contributed by atoms with E-state index in [0.717, 1.165) is 24.2 Å². The molecule has 38 heavy (non-hydrogen) atoms. The number of aliphatic hydroxyl groups is 2. The third-order valence-electron chi connectivity index (χ3n) is 7.90. The number of aryl methyl sites for hydroxylation is 2. The van der Waals surface area contributed by atoms with E-state index in [0.29, 0.717) is 36.3 Å². The monoisotopic (exact) mass is 539 g/mol. The van der Waals surface area contributed by atoms with E-state index in [1.807, 2.05) is 13.0 Å². The van der Waals surface area contributed by atoms with Gasteiger partial charge in [0.2, 0.25) is 0 Å². The van der Waals surface area contributed by atoms with E-state index in [2.05, 4.69) is 27.2 Å². The van der Waals surface area contributed by atoms with Crippen LogP contribution >= 0.6 is 11.6 Å². The van der Waals surface area contributed by atoms with Crippen LogP contribution in [-0.2, 0) is 19.7 Å². The molecular formula is C28H31ClFN5O3. The summed E-state index contributed by atoms with van der Waals surface area (Å²) in [7, 11) is 3.58. The van der Waals surface area contributed by atoms with Gasteiger partial charge in [-0.15, -0.1) is 0 Å². The van der Waals surface area contributed by atoms with E-state index in [1.54, 1.807) is 29.7 Å². The fourth-order valence-electron chi connectivity index (χ4n) is 6.11. The zero-order valence-corrected chi connectivity index (χ0v) is 22.3. The fourth-order valence-corrected chi connectivity index (χ4v) is 6.29. The molecule has 8 nitrogen and oxygen atoms in total. The average Bonchev–Trinajstić information content (AvgIpc) is 3.61. The number of aromatic nitrogens is 4. The maximum atomic E-state index is 13.5. The number of aliphatic hydroxyl groups excluding tert-OH is 1. The van der Waals surface area contributed by atoms with Crippen LogP contribution in [0.15, 0.2) is 30.6 Å². The summed E-state index contributed by atoms with van der Waals surface area (Å²) in [6, 6.07) is 5.88. The lowest BCUT2D eigenvalue weighted by molar-refractivity contribution is 0.0263. The lowest BCUT2D eigenvalue weighted by Crippen LogP contribution is -2.26. The van der Waals surface area contributed by atoms with Gasteiger partial charge in [0.25, 0.3) is 5.91 Å². The minimum atomic E-state index is -1.00. The first-order chi connectivity index (χ1) is 18.1. The van der Waals surface area contributed by atoms with Crippen molar-refractivity contribution in [2.24, 2.45) is 25.9 Å². The van der Waals surface area contributed by atoms with Crippen LogP contribution in [0.5, 0.6) is 0 Å². The number of carbonyl (C=O) groups is 1. The zero-order valence-electron chi connectivity index (χ0n) is 21.6. The number of hydrogen-bond donors (Lipinski definition) is 3. The van der Waals surface area contributed by atoms with E-state index in [1.165, 1.54) is 18.2 Å². The van der Waals surface area contributed by atoms with Crippen LogP contribution in [0.25, 0.3) is 0 Å². The molecule has 0 aliphatic heterocycles. The molecule has 3 aromatic rings. The summed E-state index contributed by atoms with van der Waals surface area (Å²) in [5.74, 6) is 5.46. The first kappa shape index (κ1) is 26.4. The number of benzene rings is 1. The number of halogens is 2. The lowest BCUT2D eigenvalue weighted by Gasteiger charge is -2.25. The lowest BCUT2D eigenvalue weighted by atomic mass is 9.90. The number of anilines is 1. The topological polar surface area (TPSA) is 105 Å². The molecule has 2 aliphatic carbocycles. The van der Waals surface area contributed by atoms with Gasteiger partial charge in [-0.2, -0.15) is 5.10 Å². The van der Waals surface area contributed by atoms with Crippen molar-refractivity contribution < 1.29 is 19.4 Å². The second-order valence-electron chi connectivity index (χ2n) is 10.5. The maximum absolute atomic E-state index is 13.5. The van der Waals surface area contributed by atoms with Crippen molar-refractivity contribution in [3.63, 3.8) is 0 Å². The Labute approximate surface area is 225 Å². The van der Waals surface area contributed by atoms with E-state index in [4.69, 9.17) is 11.6 Å². The minimum absolute atomic E-state index is 0.0599. The average molecular weight is 540 g/mol. The standard InChI is InChI=1S/C28H31ClFN5O3/c1-4-21(36)7-5-20-12-24(35(3)33-20)28(38)13-17-9-16(10-18(17)14-28)25-26(34(2)15-31-25)27(37)32-19-6-8-23(30)22(29)11-19/h6,8,11-12,15-18,21,36,38H,4,9-10,13-14H2,1-3H3,(H,32,37). The quantitative estimate of drug-likeness (QED) is 0.423. The number of hydrogen-bond acceptors (Lipinski definition) is 5. The van der Waals surface area contributed by atoms with Gasteiger partial charge in [0.05, 0.1) is 22.7 Å². The van der Waals surface area contributed by atoms with Gasteiger partial charge in [-0.25, -0.2) is 9.37 Å². The van der Waals surface area contributed by atoms with Crippen molar-refractivity contribution in [2.45, 2.75) is 56.7 Å². The molecule has 2 saturated carbocycles. The predicted molar refractivity (Wildman–Crippen MR) is 141 cm³/mol. The summed E-state index contributed by atoms with van der Waals surface area (Å²) in [5, 5.41) is 28.5. The first-order valence-electron chi connectivity index (χ1n) is 12.8. The van der Waals surface area contributed by atoms with Gasteiger partial charge in [0, 0.05) is 25.7 Å². The molecule has 1 aromatic carbocycles. The van der Waals surface area contributed by atoms with Crippen LogP contribution in [0.2, 0.25) is 5.02 Å². The van der Waals surface area contributed by atoms with Crippen molar-refractivity contribution in [3.8, 4) is 11.8 Å². The number of carbonyl (C=O) groups excluding carboxylic acids is 1. The number of nitrogens with one attached hydrogen (secondary N) is 1. The van der Waals surface area contributed by atoms with E-state index in [-0.39, 0.29) is 28.7 Å². The number of rotatable bonds is 5. The largest absolute Gasteiger partial charge is 0.384 e. The van der Waals surface area contributed by atoms with Gasteiger partial charge in [-0.3, -0.25) is 9.48 Å². The molecule has 0 bridgehead atoms. The molecule has 1 amide bonds. The van der Waals surface area contributed by atoms with E-state index >= 15 is 0 Å². The molecule has 0 radical (unpaired) electrons. The summed E-state index contributed by atoms with van der Waals surface area (Å²) in [5.41, 5.74) is 1.88. The summed E-state index contributed by atoms with van der Waals surface area (Å²) in [6.45, 7) is 1.86. The Kier molecular flexibility index (Phi) is 7.07. The first-order valence-corrected chi connectivity index (χ1v) is 13.2. The Balaban J connectivity index is 1.30. The molecule has 2 fully saturated rings. The third kappa shape index (κ3) is 4.96. The Morgan fingerprint density at radius 2 is 2.00 bits per heavy atom. The molecule has 3 N–H and O–H groups in total. The molecule has 3 unspecified atom stereocenters. The molecule has 0 saturated heterocycles. The Hall–Kier alpha value is -3.19. The van der Waals surface area contributed by atoms with Gasteiger partial charge in [0.1, 0.15) is 28.9 Å². The minimum Gasteiger partial charge on any atom is -0.384 e. The van der Waals surface area contributed by atoms with Gasteiger partial charge in [-0.1, -0.05) is 24.4 Å². The number of fused-ring (bicyclic) bond motifs is 1. The van der Waals surface area contributed by atoms with Crippen LogP contribution in [0, 0.1) is 29.5 Å². The highest BCUT2D eigenvalue weighted by molar-refractivity contribution is 6.31. The normalized spacial score (nSPS) is 25.1. The fraction of sp³-hybridized carbons (Fsp3) is 0.464. The Morgan fingerprint density at radius 1 is 1.29 bits per heavy atom. The molecule has 0 spiro atoms. The zero-order chi connectivity index (χ0) is 27.2. The highest BCUT2D eigenvalue weighted by Gasteiger charge is 2.51. The Morgan fingerprint density at radius 3 is 2.66 bits per heavy atom. The molecule has 2 aliphatic rings. The highest BCUT2D eigenvalue weighted by atomic mass is 35.5. The summed E-state index contributed by atoms with van der Waals surface area (Å²) >= 11 is 5.87. The number of imidazole rings is 1. The van der Waals surface area contributed by atoms with E-state index in [9.17, 15) is 19.4 Å². The van der Waals surface area contributed by atoms with Crippen molar-refractivity contribution in [3.05, 3.63) is 64.2 Å². The maximum Gasteiger partial charge on any atom is 0.274 e. The highest BCUT2D eigenvalue weighted by Crippen LogP contribution is 2.56. The van der Waals surface area contributed by atoms with Gasteiger partial charge >= 0.3 is 0 Å². The van der Waals surface area contributed by atoms with Gasteiger partial charge < -0.3 is 20.1 Å². The van der Waals surface area contributed by atoms with Gasteiger partial charge in [0.15, 0.2) is 0 Å². The Bertz CT molecular complexity index is 1420. The summed E-state index contributed by atoms with van der Waals surface area (Å²) in [4.78, 5) is 17.8. The van der Waals surface area contributed by atoms with Crippen LogP contribution in [0.3, 0.4) is 0 Å². The van der Waals surface area contributed by atoms with Gasteiger partial charge in [-0.05, 0) is 74.1 Å². The number of amides is 1.